The second kappa shape index (κ2) is 6.31. The fraction of sp³-hybridized carbons (Fsp3) is 0.286. The molecule has 0 aliphatic carbocycles. The van der Waals surface area contributed by atoms with Crippen LogP contribution >= 0.6 is 11.3 Å². The number of aryl methyl sites for hydroxylation is 1. The standard InChI is InChI=1S/C14H16N2OS/c1-11(13-5-3-9-18-13)16-14(17)7-6-12-4-2-8-15-10-12/h2-5,8-11H,6-7H2,1H3,(H,16,17). The number of rotatable bonds is 5. The van der Waals surface area contributed by atoms with Crippen molar-refractivity contribution in [1.82, 2.24) is 10.3 Å². The summed E-state index contributed by atoms with van der Waals surface area (Å²) in [6.07, 6.45) is 4.77. The zero-order chi connectivity index (χ0) is 12.8. The Labute approximate surface area is 111 Å². The van der Waals surface area contributed by atoms with Crippen LogP contribution in [0.1, 0.15) is 29.8 Å². The van der Waals surface area contributed by atoms with Crippen molar-refractivity contribution in [3.05, 3.63) is 52.5 Å². The molecular weight excluding hydrogens is 244 g/mol. The van der Waals surface area contributed by atoms with Crippen LogP contribution in [0.2, 0.25) is 0 Å². The van der Waals surface area contributed by atoms with Gasteiger partial charge in [0.25, 0.3) is 0 Å². The maximum Gasteiger partial charge on any atom is 0.220 e. The van der Waals surface area contributed by atoms with Gasteiger partial charge >= 0.3 is 0 Å². The van der Waals surface area contributed by atoms with Crippen molar-refractivity contribution in [2.75, 3.05) is 0 Å². The lowest BCUT2D eigenvalue weighted by Crippen LogP contribution is -2.26. The number of hydrogen-bond acceptors (Lipinski definition) is 3. The molecule has 1 N–H and O–H groups in total. The number of nitrogens with one attached hydrogen (secondary N) is 1. The van der Waals surface area contributed by atoms with Gasteiger partial charge in [0.05, 0.1) is 6.04 Å². The Hall–Kier alpha value is -1.68. The van der Waals surface area contributed by atoms with Gasteiger partial charge in [0.2, 0.25) is 5.91 Å². The third-order valence-electron chi connectivity index (χ3n) is 2.71. The Kier molecular flexibility index (Phi) is 4.47. The third-order valence-corrected chi connectivity index (χ3v) is 3.77. The second-order valence-electron chi connectivity index (χ2n) is 4.17. The topological polar surface area (TPSA) is 42.0 Å². The lowest BCUT2D eigenvalue weighted by Gasteiger charge is -2.11. The number of carbonyl (C=O) groups excluding carboxylic acids is 1. The molecule has 0 aromatic carbocycles. The van der Waals surface area contributed by atoms with E-state index in [4.69, 9.17) is 0 Å². The highest BCUT2D eigenvalue weighted by molar-refractivity contribution is 7.10. The predicted molar refractivity (Wildman–Crippen MR) is 73.4 cm³/mol. The second-order valence-corrected chi connectivity index (χ2v) is 5.15. The van der Waals surface area contributed by atoms with E-state index in [1.165, 1.54) is 4.88 Å². The maximum atomic E-state index is 11.8. The molecule has 94 valence electrons. The van der Waals surface area contributed by atoms with Crippen molar-refractivity contribution in [2.24, 2.45) is 0 Å². The first-order valence-corrected chi connectivity index (χ1v) is 6.85. The SMILES string of the molecule is CC(NC(=O)CCc1cccnc1)c1cccs1. The van der Waals surface area contributed by atoms with Crippen molar-refractivity contribution in [3.63, 3.8) is 0 Å². The van der Waals surface area contributed by atoms with Gasteiger partial charge < -0.3 is 5.32 Å². The summed E-state index contributed by atoms with van der Waals surface area (Å²) in [4.78, 5) is 17.0. The Morgan fingerprint density at radius 3 is 3.00 bits per heavy atom. The third kappa shape index (κ3) is 3.67. The Morgan fingerprint density at radius 2 is 2.33 bits per heavy atom. The first-order chi connectivity index (χ1) is 8.75. The highest BCUT2D eigenvalue weighted by atomic mass is 32.1. The molecule has 0 aliphatic rings. The minimum Gasteiger partial charge on any atom is -0.349 e. The molecular formula is C14H16N2OS. The molecule has 0 radical (unpaired) electrons. The van der Waals surface area contributed by atoms with Crippen LogP contribution in [0.4, 0.5) is 0 Å². The van der Waals surface area contributed by atoms with Crippen molar-refractivity contribution in [2.45, 2.75) is 25.8 Å². The van der Waals surface area contributed by atoms with Gasteiger partial charge in [-0.05, 0) is 36.4 Å². The highest BCUT2D eigenvalue weighted by Gasteiger charge is 2.10. The van der Waals surface area contributed by atoms with E-state index in [-0.39, 0.29) is 11.9 Å². The molecule has 0 saturated heterocycles. The van der Waals surface area contributed by atoms with E-state index >= 15 is 0 Å². The molecule has 0 saturated carbocycles. The number of amides is 1. The van der Waals surface area contributed by atoms with Gasteiger partial charge in [-0.1, -0.05) is 12.1 Å². The van der Waals surface area contributed by atoms with Crippen molar-refractivity contribution >= 4 is 17.2 Å². The molecule has 2 heterocycles. The molecule has 2 aromatic heterocycles. The van der Waals surface area contributed by atoms with Gasteiger partial charge in [-0.2, -0.15) is 0 Å². The summed E-state index contributed by atoms with van der Waals surface area (Å²) in [5, 5.41) is 5.03. The van der Waals surface area contributed by atoms with Crippen LogP contribution in [0, 0.1) is 0 Å². The zero-order valence-corrected chi connectivity index (χ0v) is 11.1. The van der Waals surface area contributed by atoms with E-state index in [1.807, 2.05) is 36.6 Å². The van der Waals surface area contributed by atoms with Crippen molar-refractivity contribution in [1.29, 1.82) is 0 Å². The number of pyridine rings is 1. The number of aromatic nitrogens is 1. The van der Waals surface area contributed by atoms with Gasteiger partial charge in [-0.25, -0.2) is 0 Å². The summed E-state index contributed by atoms with van der Waals surface area (Å²) in [5.41, 5.74) is 1.09. The van der Waals surface area contributed by atoms with E-state index in [0.29, 0.717) is 6.42 Å². The summed E-state index contributed by atoms with van der Waals surface area (Å²) in [7, 11) is 0. The quantitative estimate of drug-likeness (QED) is 0.898. The van der Waals surface area contributed by atoms with Crippen LogP contribution < -0.4 is 5.32 Å². The van der Waals surface area contributed by atoms with E-state index in [1.54, 1.807) is 23.7 Å². The molecule has 4 heteroatoms. The Balaban J connectivity index is 1.79. The van der Waals surface area contributed by atoms with Crippen LogP contribution in [0.15, 0.2) is 42.0 Å². The van der Waals surface area contributed by atoms with Gasteiger partial charge in [0.15, 0.2) is 0 Å². The van der Waals surface area contributed by atoms with E-state index < -0.39 is 0 Å². The number of hydrogen-bond donors (Lipinski definition) is 1. The average molecular weight is 260 g/mol. The largest absolute Gasteiger partial charge is 0.349 e. The van der Waals surface area contributed by atoms with E-state index in [0.717, 1.165) is 12.0 Å². The summed E-state index contributed by atoms with van der Waals surface area (Å²) >= 11 is 1.66. The van der Waals surface area contributed by atoms with E-state index in [2.05, 4.69) is 10.3 Å². The van der Waals surface area contributed by atoms with Crippen LogP contribution in [0.5, 0.6) is 0 Å². The van der Waals surface area contributed by atoms with Gasteiger partial charge in [-0.15, -0.1) is 11.3 Å². The van der Waals surface area contributed by atoms with Crippen LogP contribution in [-0.2, 0) is 11.2 Å². The number of carbonyl (C=O) groups is 1. The lowest BCUT2D eigenvalue weighted by molar-refractivity contribution is -0.121. The molecule has 18 heavy (non-hydrogen) atoms. The monoisotopic (exact) mass is 260 g/mol. The van der Waals surface area contributed by atoms with Crippen molar-refractivity contribution < 1.29 is 4.79 Å². The van der Waals surface area contributed by atoms with Crippen LogP contribution in [0.25, 0.3) is 0 Å². The molecule has 0 spiro atoms. The average Bonchev–Trinajstić information content (AvgIpc) is 2.91. The summed E-state index contributed by atoms with van der Waals surface area (Å²) < 4.78 is 0. The first kappa shape index (κ1) is 12.8. The summed E-state index contributed by atoms with van der Waals surface area (Å²) in [6, 6.07) is 8.01. The molecule has 0 fully saturated rings. The smallest absolute Gasteiger partial charge is 0.220 e. The predicted octanol–water partition coefficient (Wildman–Crippen LogP) is 2.95. The number of thiophene rings is 1. The van der Waals surface area contributed by atoms with Crippen LogP contribution in [0.3, 0.4) is 0 Å². The highest BCUT2D eigenvalue weighted by Crippen LogP contribution is 2.18. The zero-order valence-electron chi connectivity index (χ0n) is 10.3. The fourth-order valence-electron chi connectivity index (χ4n) is 1.73. The minimum atomic E-state index is 0.0831. The van der Waals surface area contributed by atoms with Crippen LogP contribution in [-0.4, -0.2) is 10.9 Å². The summed E-state index contributed by atoms with van der Waals surface area (Å²) in [6.45, 7) is 2.01. The molecule has 1 amide bonds. The maximum absolute atomic E-state index is 11.8. The molecule has 3 nitrogen and oxygen atoms in total. The first-order valence-electron chi connectivity index (χ1n) is 5.97. The molecule has 1 unspecified atom stereocenters. The lowest BCUT2D eigenvalue weighted by atomic mass is 10.1. The Morgan fingerprint density at radius 1 is 1.44 bits per heavy atom. The molecule has 1 atom stereocenters. The fourth-order valence-corrected chi connectivity index (χ4v) is 2.46. The molecule has 0 bridgehead atoms. The Bertz CT molecular complexity index is 482. The minimum absolute atomic E-state index is 0.0831. The van der Waals surface area contributed by atoms with Gasteiger partial charge in [0.1, 0.15) is 0 Å². The van der Waals surface area contributed by atoms with Crippen molar-refractivity contribution in [3.8, 4) is 0 Å². The van der Waals surface area contributed by atoms with Gasteiger partial charge in [-0.3, -0.25) is 9.78 Å². The molecule has 2 rings (SSSR count). The number of nitrogens with zero attached hydrogens (tertiary/aromatic N) is 1. The van der Waals surface area contributed by atoms with E-state index in [9.17, 15) is 4.79 Å². The summed E-state index contributed by atoms with van der Waals surface area (Å²) in [5.74, 6) is 0.0831. The normalized spacial score (nSPS) is 12.1. The van der Waals surface area contributed by atoms with Gasteiger partial charge in [0, 0.05) is 23.7 Å². The molecule has 2 aromatic rings. The molecule has 0 aliphatic heterocycles.